The van der Waals surface area contributed by atoms with Gasteiger partial charge >= 0.3 is 5.69 Å². The van der Waals surface area contributed by atoms with Crippen molar-refractivity contribution in [1.29, 1.82) is 5.26 Å². The Morgan fingerprint density at radius 2 is 2.14 bits per heavy atom. The van der Waals surface area contributed by atoms with Gasteiger partial charge in [0.2, 0.25) is 0 Å². The van der Waals surface area contributed by atoms with Crippen molar-refractivity contribution in [3.05, 3.63) is 50.4 Å². The zero-order valence-corrected chi connectivity index (χ0v) is 17.5. The van der Waals surface area contributed by atoms with Crippen molar-refractivity contribution in [2.45, 2.75) is 40.0 Å². The molecule has 0 unspecified atom stereocenters. The van der Waals surface area contributed by atoms with E-state index in [1.807, 2.05) is 0 Å². The first-order chi connectivity index (χ1) is 13.7. The number of carbonyl (C=O) groups is 1. The minimum atomic E-state index is -0.556. The molecule has 1 atom stereocenters. The average molecular weight is 413 g/mol. The summed E-state index contributed by atoms with van der Waals surface area (Å²) in [5, 5.41) is 23.9. The lowest BCUT2D eigenvalue weighted by molar-refractivity contribution is -0.385. The second-order valence-electron chi connectivity index (χ2n) is 8.19. The Balaban J connectivity index is 1.71. The first kappa shape index (κ1) is 20.8. The molecule has 1 N–H and O–H groups in total. The Morgan fingerprint density at radius 1 is 1.41 bits per heavy atom. The maximum atomic E-state index is 12.4. The van der Waals surface area contributed by atoms with Crippen LogP contribution in [0.4, 0.5) is 10.7 Å². The molecular weight excluding hydrogens is 390 g/mol. The number of benzene rings is 1. The van der Waals surface area contributed by atoms with Crippen LogP contribution in [0.3, 0.4) is 0 Å². The van der Waals surface area contributed by atoms with Crippen LogP contribution in [0.1, 0.15) is 43.2 Å². The number of hydrogen-bond donors (Lipinski definition) is 1. The molecule has 8 heteroatoms. The van der Waals surface area contributed by atoms with Crippen LogP contribution in [0, 0.1) is 32.8 Å². The van der Waals surface area contributed by atoms with E-state index >= 15 is 0 Å². The number of thiophene rings is 1. The summed E-state index contributed by atoms with van der Waals surface area (Å²) >= 11 is 1.45. The van der Waals surface area contributed by atoms with Crippen LogP contribution in [-0.2, 0) is 17.6 Å². The molecule has 0 radical (unpaired) electrons. The highest BCUT2D eigenvalue weighted by Crippen LogP contribution is 2.44. The molecule has 152 valence electrons. The van der Waals surface area contributed by atoms with Gasteiger partial charge in [-0.3, -0.25) is 14.9 Å². The smallest absolute Gasteiger partial charge is 0.310 e. The van der Waals surface area contributed by atoms with E-state index in [0.717, 1.165) is 29.7 Å². The Hall–Kier alpha value is -2.92. The van der Waals surface area contributed by atoms with Gasteiger partial charge in [-0.05, 0) is 42.2 Å². The maximum Gasteiger partial charge on any atom is 0.310 e. The summed E-state index contributed by atoms with van der Waals surface area (Å²) in [6, 6.07) is 8.13. The van der Waals surface area contributed by atoms with Crippen LogP contribution in [0.2, 0.25) is 0 Å². The van der Waals surface area contributed by atoms with Crippen molar-refractivity contribution >= 4 is 27.9 Å². The van der Waals surface area contributed by atoms with Gasteiger partial charge < -0.3 is 10.1 Å². The topological polar surface area (TPSA) is 105 Å². The Bertz CT molecular complexity index is 985. The van der Waals surface area contributed by atoms with Crippen molar-refractivity contribution in [2.24, 2.45) is 11.3 Å². The number of rotatable bonds is 5. The highest BCUT2D eigenvalue weighted by Gasteiger charge is 2.32. The zero-order valence-electron chi connectivity index (χ0n) is 16.7. The van der Waals surface area contributed by atoms with E-state index in [1.165, 1.54) is 29.5 Å². The molecule has 1 heterocycles. The quantitative estimate of drug-likeness (QED) is 0.565. The fourth-order valence-corrected chi connectivity index (χ4v) is 4.86. The molecule has 0 spiro atoms. The normalized spacial score (nSPS) is 15.9. The number of carbonyl (C=O) groups excluding carboxylic acids is 1. The van der Waals surface area contributed by atoms with Gasteiger partial charge in [0, 0.05) is 10.9 Å². The molecule has 1 aromatic carbocycles. The molecule has 0 bridgehead atoms. The Kier molecular flexibility index (Phi) is 5.89. The van der Waals surface area contributed by atoms with Gasteiger partial charge in [-0.1, -0.05) is 32.9 Å². The molecule has 1 aliphatic carbocycles. The number of anilines is 1. The first-order valence-corrected chi connectivity index (χ1v) is 10.2. The van der Waals surface area contributed by atoms with Crippen molar-refractivity contribution in [1.82, 2.24) is 0 Å². The molecule has 7 nitrogen and oxygen atoms in total. The van der Waals surface area contributed by atoms with Crippen LogP contribution < -0.4 is 10.1 Å². The number of amides is 1. The van der Waals surface area contributed by atoms with E-state index in [-0.39, 0.29) is 23.5 Å². The van der Waals surface area contributed by atoms with Gasteiger partial charge in [-0.25, -0.2) is 0 Å². The maximum absolute atomic E-state index is 12.4. The zero-order chi connectivity index (χ0) is 21.2. The van der Waals surface area contributed by atoms with Crippen LogP contribution in [-0.4, -0.2) is 17.4 Å². The van der Waals surface area contributed by atoms with Gasteiger partial charge in [0.15, 0.2) is 12.4 Å². The van der Waals surface area contributed by atoms with Crippen LogP contribution in [0.5, 0.6) is 5.75 Å². The fourth-order valence-electron chi connectivity index (χ4n) is 3.57. The van der Waals surface area contributed by atoms with Crippen molar-refractivity contribution in [3.63, 3.8) is 0 Å². The van der Waals surface area contributed by atoms with Crippen molar-refractivity contribution in [2.75, 3.05) is 11.9 Å². The number of nitro groups is 1. The summed E-state index contributed by atoms with van der Waals surface area (Å²) in [6.45, 7) is 6.31. The molecule has 0 saturated heterocycles. The number of ether oxygens (including phenoxy) is 1. The highest BCUT2D eigenvalue weighted by molar-refractivity contribution is 7.16. The number of nitriles is 1. The number of nitrogens with zero attached hydrogens (tertiary/aromatic N) is 2. The summed E-state index contributed by atoms with van der Waals surface area (Å²) in [5.41, 5.74) is 1.55. The molecule has 29 heavy (non-hydrogen) atoms. The van der Waals surface area contributed by atoms with E-state index in [0.29, 0.717) is 16.5 Å². The Labute approximate surface area is 173 Å². The van der Waals surface area contributed by atoms with Gasteiger partial charge in [0.25, 0.3) is 5.91 Å². The highest BCUT2D eigenvalue weighted by atomic mass is 32.1. The minimum Gasteiger partial charge on any atom is -0.477 e. The van der Waals surface area contributed by atoms with Gasteiger partial charge in [0.05, 0.1) is 10.5 Å². The lowest BCUT2D eigenvalue weighted by Crippen LogP contribution is -2.26. The molecule has 0 fully saturated rings. The standard InChI is InChI=1S/C21H23N3O4S/c1-21(2,3)13-8-9-14-15(11-22)20(29-18(14)10-13)23-19(25)12-28-17-7-5-4-6-16(17)24(26)27/h4-7,13H,8-10,12H2,1-3H3,(H,23,25)/t13-/m0/s1. The third kappa shape index (κ3) is 4.57. The Morgan fingerprint density at radius 3 is 2.79 bits per heavy atom. The molecule has 2 aromatic rings. The van der Waals surface area contributed by atoms with E-state index in [4.69, 9.17) is 4.74 Å². The molecule has 1 aromatic heterocycles. The number of hydrogen-bond acceptors (Lipinski definition) is 6. The first-order valence-electron chi connectivity index (χ1n) is 9.41. The van der Waals surface area contributed by atoms with Gasteiger partial charge in [0.1, 0.15) is 11.1 Å². The summed E-state index contributed by atoms with van der Waals surface area (Å²) < 4.78 is 5.34. The van der Waals surface area contributed by atoms with Gasteiger partial charge in [-0.15, -0.1) is 11.3 Å². The van der Waals surface area contributed by atoms with Crippen LogP contribution >= 0.6 is 11.3 Å². The average Bonchev–Trinajstić information content (AvgIpc) is 3.01. The van der Waals surface area contributed by atoms with Crippen molar-refractivity contribution < 1.29 is 14.5 Å². The molecule has 0 saturated carbocycles. The number of fused-ring (bicyclic) bond motifs is 1. The monoisotopic (exact) mass is 413 g/mol. The summed E-state index contributed by atoms with van der Waals surface area (Å²) in [6.07, 6.45) is 2.76. The lowest BCUT2D eigenvalue weighted by Gasteiger charge is -2.33. The predicted molar refractivity (Wildman–Crippen MR) is 111 cm³/mol. The largest absolute Gasteiger partial charge is 0.477 e. The number of nitrogens with one attached hydrogen (secondary N) is 1. The fraction of sp³-hybridized carbons (Fsp3) is 0.429. The van der Waals surface area contributed by atoms with E-state index in [9.17, 15) is 20.2 Å². The molecule has 1 aliphatic rings. The third-order valence-electron chi connectivity index (χ3n) is 5.28. The van der Waals surface area contributed by atoms with Crippen LogP contribution in [0.25, 0.3) is 0 Å². The summed E-state index contributed by atoms with van der Waals surface area (Å²) in [7, 11) is 0. The van der Waals surface area contributed by atoms with E-state index < -0.39 is 10.8 Å². The molecular formula is C21H23N3O4S. The summed E-state index contributed by atoms with van der Waals surface area (Å²) in [5.74, 6) is 0.114. The minimum absolute atomic E-state index is 0.0339. The lowest BCUT2D eigenvalue weighted by atomic mass is 9.72. The molecule has 1 amide bonds. The molecule has 3 rings (SSSR count). The van der Waals surface area contributed by atoms with Crippen molar-refractivity contribution in [3.8, 4) is 11.8 Å². The van der Waals surface area contributed by atoms with E-state index in [2.05, 4.69) is 32.2 Å². The van der Waals surface area contributed by atoms with E-state index in [1.54, 1.807) is 6.07 Å². The van der Waals surface area contributed by atoms with Crippen LogP contribution in [0.15, 0.2) is 24.3 Å². The number of nitro benzene ring substituents is 1. The predicted octanol–water partition coefficient (Wildman–Crippen LogP) is 4.70. The summed E-state index contributed by atoms with van der Waals surface area (Å²) in [4.78, 5) is 24.0. The SMILES string of the molecule is CC(C)(C)[C@H]1CCc2c(sc(NC(=O)COc3ccccc3[N+](=O)[O-])c2C#N)C1. The second kappa shape index (κ2) is 8.21. The van der Waals surface area contributed by atoms with Gasteiger partial charge in [-0.2, -0.15) is 5.26 Å². The second-order valence-corrected chi connectivity index (χ2v) is 9.29. The number of para-hydroxylation sites is 2. The molecule has 0 aliphatic heterocycles. The third-order valence-corrected chi connectivity index (χ3v) is 6.45.